The largest absolute Gasteiger partial charge is 0.366 e. The third-order valence-corrected chi connectivity index (χ3v) is 3.57. The molecule has 1 saturated carbocycles. The van der Waals surface area contributed by atoms with E-state index < -0.39 is 0 Å². The Hall–Kier alpha value is -1.72. The molecule has 0 radical (unpaired) electrons. The molecule has 0 bridgehead atoms. The first-order valence-electron chi connectivity index (χ1n) is 6.72. The van der Waals surface area contributed by atoms with Gasteiger partial charge in [-0.2, -0.15) is 4.52 Å². The summed E-state index contributed by atoms with van der Waals surface area (Å²) in [4.78, 5) is 4.17. The maximum absolute atomic E-state index is 4.17. The summed E-state index contributed by atoms with van der Waals surface area (Å²) >= 11 is 0. The average molecular weight is 246 g/mol. The van der Waals surface area contributed by atoms with Gasteiger partial charge in [0, 0.05) is 6.04 Å². The van der Waals surface area contributed by atoms with E-state index in [1.54, 1.807) is 16.9 Å². The molecular weight excluding hydrogens is 228 g/mol. The Morgan fingerprint density at radius 1 is 1.06 bits per heavy atom. The normalized spacial score (nSPS) is 18.4. The van der Waals surface area contributed by atoms with Crippen molar-refractivity contribution in [3.63, 3.8) is 0 Å². The molecule has 18 heavy (non-hydrogen) atoms. The number of fused-ring (bicyclic) bond motifs is 1. The molecule has 1 N–H and O–H groups in total. The summed E-state index contributed by atoms with van der Waals surface area (Å²) in [7, 11) is 0. The Kier molecular flexibility index (Phi) is 3.34. The van der Waals surface area contributed by atoms with Crippen molar-refractivity contribution in [1.82, 2.24) is 25.0 Å². The molecule has 0 aromatic carbocycles. The zero-order valence-corrected chi connectivity index (χ0v) is 10.4. The minimum Gasteiger partial charge on any atom is -0.366 e. The van der Waals surface area contributed by atoms with Crippen molar-refractivity contribution in [2.75, 3.05) is 5.32 Å². The highest BCUT2D eigenvalue weighted by Gasteiger charge is 2.13. The zero-order valence-electron chi connectivity index (χ0n) is 10.4. The first kappa shape index (κ1) is 11.4. The molecule has 1 aliphatic carbocycles. The lowest BCUT2D eigenvalue weighted by Crippen LogP contribution is -2.22. The Labute approximate surface area is 106 Å². The number of nitrogens with one attached hydrogen (secondary N) is 1. The van der Waals surface area contributed by atoms with Gasteiger partial charge in [-0.05, 0) is 23.3 Å². The van der Waals surface area contributed by atoms with Gasteiger partial charge in [0.25, 0.3) is 0 Å². The summed E-state index contributed by atoms with van der Waals surface area (Å²) in [5, 5.41) is 15.1. The first-order chi connectivity index (χ1) is 8.93. The van der Waals surface area contributed by atoms with E-state index in [0.717, 1.165) is 5.82 Å². The molecule has 96 valence electrons. The van der Waals surface area contributed by atoms with Gasteiger partial charge in [-0.1, -0.05) is 32.1 Å². The standard InChI is InChI=1S/C12H18N6/c1-2-4-6-10(7-5-3-1)14-11-8-13-9-12-15-16-17-18(11)12/h8-10,14H,1-7H2. The van der Waals surface area contributed by atoms with Gasteiger partial charge in [0.15, 0.2) is 11.5 Å². The van der Waals surface area contributed by atoms with Gasteiger partial charge in [0.1, 0.15) is 0 Å². The summed E-state index contributed by atoms with van der Waals surface area (Å²) in [6.45, 7) is 0. The minimum atomic E-state index is 0.516. The van der Waals surface area contributed by atoms with Crippen LogP contribution in [-0.4, -0.2) is 31.1 Å². The molecular formula is C12H18N6. The Morgan fingerprint density at radius 2 is 1.83 bits per heavy atom. The summed E-state index contributed by atoms with van der Waals surface area (Å²) in [5.74, 6) is 0.892. The summed E-state index contributed by atoms with van der Waals surface area (Å²) in [6, 6.07) is 0.516. The molecule has 0 saturated heterocycles. The van der Waals surface area contributed by atoms with Crippen molar-refractivity contribution in [3.05, 3.63) is 12.4 Å². The average Bonchev–Trinajstić information content (AvgIpc) is 2.81. The summed E-state index contributed by atoms with van der Waals surface area (Å²) in [6.07, 6.45) is 12.6. The van der Waals surface area contributed by atoms with Crippen LogP contribution in [0, 0.1) is 0 Å². The molecule has 1 aliphatic rings. The monoisotopic (exact) mass is 246 g/mol. The maximum atomic E-state index is 4.17. The van der Waals surface area contributed by atoms with Crippen molar-refractivity contribution >= 4 is 11.5 Å². The molecule has 0 atom stereocenters. The number of tetrazole rings is 1. The molecule has 3 rings (SSSR count). The van der Waals surface area contributed by atoms with Crippen LogP contribution in [-0.2, 0) is 0 Å². The van der Waals surface area contributed by atoms with E-state index in [4.69, 9.17) is 0 Å². The molecule has 2 aromatic rings. The molecule has 0 amide bonds. The number of nitrogens with zero attached hydrogens (tertiary/aromatic N) is 5. The van der Waals surface area contributed by atoms with E-state index in [-0.39, 0.29) is 0 Å². The second-order valence-electron chi connectivity index (χ2n) is 4.93. The van der Waals surface area contributed by atoms with Crippen LogP contribution >= 0.6 is 0 Å². The van der Waals surface area contributed by atoms with Gasteiger partial charge >= 0.3 is 0 Å². The third kappa shape index (κ3) is 2.42. The van der Waals surface area contributed by atoms with Crippen LogP contribution < -0.4 is 5.32 Å². The number of rotatable bonds is 2. The van der Waals surface area contributed by atoms with Crippen LogP contribution in [0.3, 0.4) is 0 Å². The number of hydrogen-bond donors (Lipinski definition) is 1. The predicted molar refractivity (Wildman–Crippen MR) is 68.3 cm³/mol. The lowest BCUT2D eigenvalue weighted by Gasteiger charge is -2.21. The van der Waals surface area contributed by atoms with Gasteiger partial charge in [0.2, 0.25) is 0 Å². The van der Waals surface area contributed by atoms with Crippen LogP contribution in [0.5, 0.6) is 0 Å². The van der Waals surface area contributed by atoms with Crippen LogP contribution in [0.15, 0.2) is 12.4 Å². The first-order valence-corrected chi connectivity index (χ1v) is 6.72. The lowest BCUT2D eigenvalue weighted by atomic mass is 9.97. The zero-order chi connectivity index (χ0) is 12.2. The lowest BCUT2D eigenvalue weighted by molar-refractivity contribution is 0.470. The predicted octanol–water partition coefficient (Wildman–Crippen LogP) is 2.04. The van der Waals surface area contributed by atoms with E-state index in [1.165, 1.54) is 44.9 Å². The van der Waals surface area contributed by atoms with Gasteiger partial charge in [-0.3, -0.25) is 4.98 Å². The highest BCUT2D eigenvalue weighted by Crippen LogP contribution is 2.20. The second kappa shape index (κ2) is 5.29. The van der Waals surface area contributed by atoms with E-state index in [9.17, 15) is 0 Å². The fraction of sp³-hybridized carbons (Fsp3) is 0.667. The molecule has 6 nitrogen and oxygen atoms in total. The van der Waals surface area contributed by atoms with Gasteiger partial charge in [-0.25, -0.2) is 0 Å². The van der Waals surface area contributed by atoms with Crippen molar-refractivity contribution in [2.45, 2.75) is 51.0 Å². The fourth-order valence-electron chi connectivity index (χ4n) is 2.58. The Balaban J connectivity index is 1.76. The van der Waals surface area contributed by atoms with E-state index in [2.05, 4.69) is 25.8 Å². The van der Waals surface area contributed by atoms with E-state index >= 15 is 0 Å². The Bertz CT molecular complexity index is 500. The molecule has 0 aliphatic heterocycles. The van der Waals surface area contributed by atoms with E-state index in [1.807, 2.05) is 0 Å². The summed E-state index contributed by atoms with van der Waals surface area (Å²) < 4.78 is 1.71. The van der Waals surface area contributed by atoms with Crippen molar-refractivity contribution in [1.29, 1.82) is 0 Å². The van der Waals surface area contributed by atoms with Crippen LogP contribution in [0.2, 0.25) is 0 Å². The molecule has 2 heterocycles. The molecule has 6 heteroatoms. The fourth-order valence-corrected chi connectivity index (χ4v) is 2.58. The smallest absolute Gasteiger partial charge is 0.199 e. The third-order valence-electron chi connectivity index (χ3n) is 3.57. The summed E-state index contributed by atoms with van der Waals surface area (Å²) in [5.41, 5.74) is 0.686. The molecule has 0 spiro atoms. The number of hydrogen-bond acceptors (Lipinski definition) is 5. The Morgan fingerprint density at radius 3 is 2.67 bits per heavy atom. The van der Waals surface area contributed by atoms with Gasteiger partial charge in [-0.15, -0.1) is 5.10 Å². The second-order valence-corrected chi connectivity index (χ2v) is 4.93. The van der Waals surface area contributed by atoms with Crippen molar-refractivity contribution in [2.24, 2.45) is 0 Å². The van der Waals surface area contributed by atoms with Crippen LogP contribution in [0.4, 0.5) is 5.82 Å². The maximum Gasteiger partial charge on any atom is 0.199 e. The van der Waals surface area contributed by atoms with E-state index in [0.29, 0.717) is 11.7 Å². The molecule has 0 unspecified atom stereocenters. The van der Waals surface area contributed by atoms with Crippen LogP contribution in [0.25, 0.3) is 5.65 Å². The molecule has 1 fully saturated rings. The van der Waals surface area contributed by atoms with Gasteiger partial charge < -0.3 is 5.32 Å². The van der Waals surface area contributed by atoms with Crippen LogP contribution in [0.1, 0.15) is 44.9 Å². The highest BCUT2D eigenvalue weighted by atomic mass is 15.5. The quantitative estimate of drug-likeness (QED) is 0.878. The topological polar surface area (TPSA) is 68.0 Å². The SMILES string of the molecule is c1ncc2nnnn2c1NC1CCCCCCC1. The van der Waals surface area contributed by atoms with Crippen molar-refractivity contribution < 1.29 is 0 Å². The van der Waals surface area contributed by atoms with Crippen molar-refractivity contribution in [3.8, 4) is 0 Å². The van der Waals surface area contributed by atoms with Gasteiger partial charge in [0.05, 0.1) is 12.4 Å². The minimum absolute atomic E-state index is 0.516. The highest BCUT2D eigenvalue weighted by molar-refractivity contribution is 5.44. The number of anilines is 1. The molecule has 2 aromatic heterocycles. The number of aromatic nitrogens is 5.